The van der Waals surface area contributed by atoms with Crippen LogP contribution in [0.4, 0.5) is 0 Å². The topological polar surface area (TPSA) is 12.0 Å². The molecule has 0 heterocycles. The minimum Gasteiger partial charge on any atom is -0.316 e. The van der Waals surface area contributed by atoms with Gasteiger partial charge in [-0.3, -0.25) is 0 Å². The number of aryl methyl sites for hydroxylation is 1. The van der Waals surface area contributed by atoms with E-state index in [0.29, 0.717) is 0 Å². The fraction of sp³-hybridized carbons (Fsp3) is 0.571. The number of halogens is 1. The molecule has 90 valence electrons. The van der Waals surface area contributed by atoms with Crippen LogP contribution in [0.25, 0.3) is 0 Å². The second-order valence-electron chi connectivity index (χ2n) is 4.65. The standard InChI is InChI=1S/C14H22ClN/c1-12(2)11-16-10-6-5-8-13-7-3-4-9-14(13)15/h3-4,7,9,12,16H,5-6,8,10-11H2,1-2H3. The second-order valence-corrected chi connectivity index (χ2v) is 5.05. The van der Waals surface area contributed by atoms with E-state index in [1.165, 1.54) is 18.4 Å². The molecule has 1 aromatic rings. The van der Waals surface area contributed by atoms with Gasteiger partial charge in [0.1, 0.15) is 0 Å². The molecule has 0 bridgehead atoms. The Bertz CT molecular complexity index is 297. The van der Waals surface area contributed by atoms with E-state index < -0.39 is 0 Å². The summed E-state index contributed by atoms with van der Waals surface area (Å²) in [6, 6.07) is 8.12. The van der Waals surface area contributed by atoms with Gasteiger partial charge in [0.2, 0.25) is 0 Å². The highest BCUT2D eigenvalue weighted by molar-refractivity contribution is 6.31. The molecule has 16 heavy (non-hydrogen) atoms. The van der Waals surface area contributed by atoms with E-state index in [9.17, 15) is 0 Å². The Labute approximate surface area is 104 Å². The predicted molar refractivity (Wildman–Crippen MR) is 72.1 cm³/mol. The van der Waals surface area contributed by atoms with E-state index in [-0.39, 0.29) is 0 Å². The molecule has 2 heteroatoms. The van der Waals surface area contributed by atoms with Gasteiger partial charge in [0.05, 0.1) is 0 Å². The Morgan fingerprint density at radius 3 is 2.62 bits per heavy atom. The lowest BCUT2D eigenvalue weighted by Gasteiger charge is -2.07. The monoisotopic (exact) mass is 239 g/mol. The lowest BCUT2D eigenvalue weighted by Crippen LogP contribution is -2.20. The van der Waals surface area contributed by atoms with Crippen LogP contribution in [0.1, 0.15) is 32.3 Å². The van der Waals surface area contributed by atoms with E-state index in [4.69, 9.17) is 11.6 Å². The first kappa shape index (κ1) is 13.5. The molecule has 1 aromatic carbocycles. The van der Waals surface area contributed by atoms with E-state index in [2.05, 4.69) is 31.3 Å². The van der Waals surface area contributed by atoms with Crippen LogP contribution in [0.15, 0.2) is 24.3 Å². The number of unbranched alkanes of at least 4 members (excludes halogenated alkanes) is 1. The Morgan fingerprint density at radius 2 is 1.94 bits per heavy atom. The second kappa shape index (κ2) is 7.70. The maximum atomic E-state index is 6.09. The van der Waals surface area contributed by atoms with Gasteiger partial charge in [0, 0.05) is 5.02 Å². The maximum absolute atomic E-state index is 6.09. The van der Waals surface area contributed by atoms with Crippen molar-refractivity contribution in [2.24, 2.45) is 5.92 Å². The molecule has 0 aliphatic carbocycles. The fourth-order valence-corrected chi connectivity index (χ4v) is 1.89. The van der Waals surface area contributed by atoms with Crippen molar-refractivity contribution >= 4 is 11.6 Å². The van der Waals surface area contributed by atoms with Crippen LogP contribution in [-0.4, -0.2) is 13.1 Å². The quantitative estimate of drug-likeness (QED) is 0.712. The lowest BCUT2D eigenvalue weighted by molar-refractivity contribution is 0.535. The summed E-state index contributed by atoms with van der Waals surface area (Å²) in [4.78, 5) is 0. The molecular formula is C14H22ClN. The van der Waals surface area contributed by atoms with Crippen molar-refractivity contribution < 1.29 is 0 Å². The third-order valence-corrected chi connectivity index (χ3v) is 2.93. The molecule has 0 saturated heterocycles. The van der Waals surface area contributed by atoms with Crippen molar-refractivity contribution in [2.45, 2.75) is 33.1 Å². The van der Waals surface area contributed by atoms with Gasteiger partial charge >= 0.3 is 0 Å². The van der Waals surface area contributed by atoms with Gasteiger partial charge in [-0.25, -0.2) is 0 Å². The summed E-state index contributed by atoms with van der Waals surface area (Å²) in [6.07, 6.45) is 3.51. The van der Waals surface area contributed by atoms with Gasteiger partial charge in [-0.2, -0.15) is 0 Å². The van der Waals surface area contributed by atoms with E-state index in [0.717, 1.165) is 30.5 Å². The molecule has 0 spiro atoms. The molecule has 1 nitrogen and oxygen atoms in total. The molecule has 0 saturated carbocycles. The summed E-state index contributed by atoms with van der Waals surface area (Å²) in [5.74, 6) is 0.739. The van der Waals surface area contributed by atoms with Crippen LogP contribution in [0.5, 0.6) is 0 Å². The number of nitrogens with one attached hydrogen (secondary N) is 1. The van der Waals surface area contributed by atoms with Crippen molar-refractivity contribution in [3.63, 3.8) is 0 Å². The summed E-state index contributed by atoms with van der Waals surface area (Å²) in [7, 11) is 0. The van der Waals surface area contributed by atoms with Crippen molar-refractivity contribution in [3.8, 4) is 0 Å². The minimum absolute atomic E-state index is 0.739. The van der Waals surface area contributed by atoms with Crippen molar-refractivity contribution in [3.05, 3.63) is 34.9 Å². The first-order valence-corrected chi connectivity index (χ1v) is 6.52. The maximum Gasteiger partial charge on any atom is 0.0437 e. The Balaban J connectivity index is 2.10. The highest BCUT2D eigenvalue weighted by Gasteiger charge is 1.98. The molecule has 0 unspecified atom stereocenters. The van der Waals surface area contributed by atoms with Crippen molar-refractivity contribution in [1.82, 2.24) is 5.32 Å². The molecule has 0 amide bonds. The Morgan fingerprint density at radius 1 is 1.19 bits per heavy atom. The highest BCUT2D eigenvalue weighted by Crippen LogP contribution is 2.16. The highest BCUT2D eigenvalue weighted by atomic mass is 35.5. The smallest absolute Gasteiger partial charge is 0.0437 e. The van der Waals surface area contributed by atoms with E-state index in [1.54, 1.807) is 0 Å². The molecule has 1 N–H and O–H groups in total. The van der Waals surface area contributed by atoms with Crippen LogP contribution in [0.2, 0.25) is 5.02 Å². The molecule has 0 aliphatic heterocycles. The van der Waals surface area contributed by atoms with Gasteiger partial charge < -0.3 is 5.32 Å². The van der Waals surface area contributed by atoms with E-state index in [1.807, 2.05) is 12.1 Å². The van der Waals surface area contributed by atoms with Crippen LogP contribution in [0.3, 0.4) is 0 Å². The third-order valence-electron chi connectivity index (χ3n) is 2.56. The number of rotatable bonds is 7. The Hall–Kier alpha value is -0.530. The summed E-state index contributed by atoms with van der Waals surface area (Å²) in [5, 5.41) is 4.35. The zero-order valence-corrected chi connectivity index (χ0v) is 11.1. The third kappa shape index (κ3) is 5.53. The predicted octanol–water partition coefficient (Wildman–Crippen LogP) is 3.91. The number of benzene rings is 1. The van der Waals surface area contributed by atoms with Crippen LogP contribution in [-0.2, 0) is 6.42 Å². The largest absolute Gasteiger partial charge is 0.316 e. The lowest BCUT2D eigenvalue weighted by atomic mass is 10.1. The number of hydrogen-bond acceptors (Lipinski definition) is 1. The summed E-state index contributed by atoms with van der Waals surface area (Å²) >= 11 is 6.09. The van der Waals surface area contributed by atoms with Gasteiger partial charge in [-0.1, -0.05) is 43.6 Å². The fourth-order valence-electron chi connectivity index (χ4n) is 1.66. The van der Waals surface area contributed by atoms with Crippen LogP contribution < -0.4 is 5.32 Å². The van der Waals surface area contributed by atoms with Crippen LogP contribution >= 0.6 is 11.6 Å². The summed E-state index contributed by atoms with van der Waals surface area (Å²) in [5.41, 5.74) is 1.27. The first-order valence-electron chi connectivity index (χ1n) is 6.14. The molecular weight excluding hydrogens is 218 g/mol. The molecule has 0 atom stereocenters. The van der Waals surface area contributed by atoms with E-state index >= 15 is 0 Å². The molecule has 0 fully saturated rings. The zero-order valence-electron chi connectivity index (χ0n) is 10.3. The first-order chi connectivity index (χ1) is 7.70. The minimum atomic E-state index is 0.739. The number of hydrogen-bond donors (Lipinski definition) is 1. The van der Waals surface area contributed by atoms with Gasteiger partial charge in [0.25, 0.3) is 0 Å². The summed E-state index contributed by atoms with van der Waals surface area (Å²) < 4.78 is 0. The Kier molecular flexibility index (Phi) is 6.51. The van der Waals surface area contributed by atoms with Crippen molar-refractivity contribution in [1.29, 1.82) is 0 Å². The van der Waals surface area contributed by atoms with Crippen molar-refractivity contribution in [2.75, 3.05) is 13.1 Å². The van der Waals surface area contributed by atoms with Gasteiger partial charge in [0.15, 0.2) is 0 Å². The molecule has 0 aliphatic rings. The van der Waals surface area contributed by atoms with Gasteiger partial charge in [-0.15, -0.1) is 0 Å². The average molecular weight is 240 g/mol. The average Bonchev–Trinajstić information content (AvgIpc) is 2.25. The molecule has 1 rings (SSSR count). The molecule has 0 radical (unpaired) electrons. The summed E-state index contributed by atoms with van der Waals surface area (Å²) in [6.45, 7) is 6.70. The normalized spacial score (nSPS) is 11.0. The zero-order chi connectivity index (χ0) is 11.8. The SMILES string of the molecule is CC(C)CNCCCCc1ccccc1Cl. The van der Waals surface area contributed by atoms with Crippen LogP contribution in [0, 0.1) is 5.92 Å². The molecule has 0 aromatic heterocycles. The van der Waals surface area contributed by atoms with Gasteiger partial charge in [-0.05, 0) is 49.9 Å².